The highest BCUT2D eigenvalue weighted by molar-refractivity contribution is 6.00. The zero-order valence-electron chi connectivity index (χ0n) is 21.1. The van der Waals surface area contributed by atoms with Gasteiger partial charge in [0.2, 0.25) is 0 Å². The molecular weight excluding hydrogens is 493 g/mol. The van der Waals surface area contributed by atoms with E-state index in [1.165, 1.54) is 23.2 Å². The fraction of sp³-hybridized carbons (Fsp3) is 0.259. The molecular formula is C27H26FN5O5. The van der Waals surface area contributed by atoms with Crippen LogP contribution in [-0.2, 0) is 17.8 Å². The zero-order valence-corrected chi connectivity index (χ0v) is 21.1. The molecule has 2 aromatic carbocycles. The zero-order chi connectivity index (χ0) is 26.8. The van der Waals surface area contributed by atoms with Crippen LogP contribution in [0.15, 0.2) is 59.4 Å². The summed E-state index contributed by atoms with van der Waals surface area (Å²) < 4.78 is 31.5. The van der Waals surface area contributed by atoms with E-state index < -0.39 is 12.1 Å². The van der Waals surface area contributed by atoms with E-state index >= 15 is 0 Å². The number of carbonyl (C=O) groups excluding carboxylic acids is 2. The van der Waals surface area contributed by atoms with Gasteiger partial charge in [0.1, 0.15) is 42.3 Å². The van der Waals surface area contributed by atoms with Crippen molar-refractivity contribution in [2.24, 2.45) is 0 Å². The maximum atomic E-state index is 13.5. The van der Waals surface area contributed by atoms with Gasteiger partial charge in [0.15, 0.2) is 0 Å². The number of nitrogens with one attached hydrogen (secondary N) is 1. The molecule has 1 aliphatic heterocycles. The summed E-state index contributed by atoms with van der Waals surface area (Å²) in [5.74, 6) is 1.02. The number of halogens is 1. The summed E-state index contributed by atoms with van der Waals surface area (Å²) in [6, 6.07) is 9.88. The summed E-state index contributed by atoms with van der Waals surface area (Å²) in [4.78, 5) is 27.5. The van der Waals surface area contributed by atoms with Crippen LogP contribution in [-0.4, -0.2) is 46.6 Å². The molecule has 3 heterocycles. The van der Waals surface area contributed by atoms with Crippen molar-refractivity contribution in [1.82, 2.24) is 20.3 Å². The number of ether oxygens (including phenoxy) is 2. The van der Waals surface area contributed by atoms with Gasteiger partial charge >= 0.3 is 6.03 Å². The van der Waals surface area contributed by atoms with E-state index in [4.69, 9.17) is 14.0 Å². The van der Waals surface area contributed by atoms with Crippen molar-refractivity contribution in [3.8, 4) is 11.5 Å². The van der Waals surface area contributed by atoms with Crippen molar-refractivity contribution in [1.29, 1.82) is 0 Å². The van der Waals surface area contributed by atoms with Gasteiger partial charge in [0.25, 0.3) is 5.91 Å². The molecule has 0 fully saturated rings. The number of nitrogens with zero attached hydrogens (tertiary/aromatic N) is 4. The van der Waals surface area contributed by atoms with Crippen LogP contribution in [0.2, 0.25) is 0 Å². The van der Waals surface area contributed by atoms with Crippen LogP contribution in [0, 0.1) is 19.7 Å². The molecule has 0 saturated heterocycles. The quantitative estimate of drug-likeness (QED) is 0.413. The highest BCUT2D eigenvalue weighted by Gasteiger charge is 2.31. The van der Waals surface area contributed by atoms with E-state index in [0.717, 1.165) is 27.1 Å². The summed E-state index contributed by atoms with van der Waals surface area (Å²) in [6.45, 7) is 3.87. The Balaban J connectivity index is 1.24. The molecule has 0 bridgehead atoms. The Kier molecular flexibility index (Phi) is 6.82. The monoisotopic (exact) mass is 519 g/mol. The Morgan fingerprint density at radius 2 is 2.05 bits per heavy atom. The van der Waals surface area contributed by atoms with E-state index in [1.807, 2.05) is 13.8 Å². The minimum atomic E-state index is -0.942. The van der Waals surface area contributed by atoms with Gasteiger partial charge < -0.3 is 24.2 Å². The average molecular weight is 520 g/mol. The third-order valence-electron chi connectivity index (χ3n) is 6.33. The highest BCUT2D eigenvalue weighted by Crippen LogP contribution is 2.34. The summed E-state index contributed by atoms with van der Waals surface area (Å²) in [6.07, 6.45) is 3.49. The van der Waals surface area contributed by atoms with Gasteiger partial charge in [-0.15, -0.1) is 0 Å². The molecule has 196 valence electrons. The number of aryl methyl sites for hydroxylation is 2. The molecule has 1 atom stereocenters. The molecule has 2 amide bonds. The van der Waals surface area contributed by atoms with Gasteiger partial charge in [-0.05, 0) is 49.2 Å². The predicted octanol–water partition coefficient (Wildman–Crippen LogP) is 3.78. The first-order valence-electron chi connectivity index (χ1n) is 12.0. The van der Waals surface area contributed by atoms with Crippen LogP contribution in [0.1, 0.15) is 28.1 Å². The molecule has 0 unspecified atom stereocenters. The van der Waals surface area contributed by atoms with Crippen molar-refractivity contribution in [3.63, 3.8) is 0 Å². The molecule has 11 heteroatoms. The third kappa shape index (κ3) is 5.22. The van der Waals surface area contributed by atoms with Crippen LogP contribution < -0.4 is 19.7 Å². The second-order valence-corrected chi connectivity index (χ2v) is 9.03. The van der Waals surface area contributed by atoms with Crippen molar-refractivity contribution in [3.05, 3.63) is 88.8 Å². The van der Waals surface area contributed by atoms with Crippen molar-refractivity contribution < 1.29 is 28.0 Å². The molecule has 10 nitrogen and oxygen atoms in total. The molecule has 38 heavy (non-hydrogen) atoms. The lowest BCUT2D eigenvalue weighted by molar-refractivity contribution is -0.120. The normalized spacial score (nSPS) is 15.0. The van der Waals surface area contributed by atoms with Crippen molar-refractivity contribution in [2.45, 2.75) is 32.9 Å². The van der Waals surface area contributed by atoms with Crippen molar-refractivity contribution in [2.75, 3.05) is 18.6 Å². The first kappa shape index (κ1) is 25.0. The largest absolute Gasteiger partial charge is 0.489 e. The van der Waals surface area contributed by atoms with Gasteiger partial charge in [-0.2, -0.15) is 9.78 Å². The maximum Gasteiger partial charge on any atom is 0.342 e. The van der Waals surface area contributed by atoms with Crippen LogP contribution in [0.5, 0.6) is 11.5 Å². The number of carbonyl (C=O) groups is 2. The minimum absolute atomic E-state index is 0.0569. The molecule has 5 rings (SSSR count). The predicted molar refractivity (Wildman–Crippen MR) is 135 cm³/mol. The number of anilines is 1. The van der Waals surface area contributed by atoms with E-state index in [-0.39, 0.29) is 24.9 Å². The number of rotatable bonds is 6. The van der Waals surface area contributed by atoms with Crippen LogP contribution in [0.3, 0.4) is 0 Å². The van der Waals surface area contributed by atoms with Crippen molar-refractivity contribution >= 4 is 17.6 Å². The molecule has 1 N–H and O–H groups in total. The molecule has 0 radical (unpaired) electrons. The van der Waals surface area contributed by atoms with Crippen LogP contribution >= 0.6 is 0 Å². The number of aromatic nitrogens is 3. The lowest BCUT2D eigenvalue weighted by atomic mass is 10.1. The second kappa shape index (κ2) is 10.4. The van der Waals surface area contributed by atoms with Crippen LogP contribution in [0.4, 0.5) is 14.9 Å². The van der Waals surface area contributed by atoms with E-state index in [2.05, 4.69) is 15.6 Å². The van der Waals surface area contributed by atoms with E-state index in [9.17, 15) is 14.0 Å². The van der Waals surface area contributed by atoms with Gasteiger partial charge in [-0.3, -0.25) is 4.79 Å². The van der Waals surface area contributed by atoms with Crippen LogP contribution in [0.25, 0.3) is 0 Å². The molecule has 1 aliphatic rings. The number of fused-ring (bicyclic) bond motifs is 1. The summed E-state index contributed by atoms with van der Waals surface area (Å²) in [5.41, 5.74) is 3.61. The fourth-order valence-corrected chi connectivity index (χ4v) is 4.20. The first-order valence-corrected chi connectivity index (χ1v) is 12.0. The Morgan fingerprint density at radius 3 is 2.82 bits per heavy atom. The molecule has 2 aromatic heterocycles. The highest BCUT2D eigenvalue weighted by atomic mass is 19.1. The SMILES string of the molecule is Cc1noc(C)c1COc1ccc2c(c1)N(C)C(=O)[C@@H](NC(=O)n1cc(Cc3cccc(F)c3)cn1)CO2. The van der Waals surface area contributed by atoms with E-state index in [0.29, 0.717) is 29.4 Å². The average Bonchev–Trinajstić information content (AvgIpc) is 3.47. The summed E-state index contributed by atoms with van der Waals surface area (Å²) in [7, 11) is 1.61. The molecule has 0 spiro atoms. The van der Waals surface area contributed by atoms with Gasteiger partial charge in [0, 0.05) is 25.7 Å². The number of amides is 2. The second-order valence-electron chi connectivity index (χ2n) is 9.03. The van der Waals surface area contributed by atoms with Gasteiger partial charge in [0.05, 0.1) is 23.1 Å². The Bertz CT molecular complexity index is 1480. The Labute approximate surface area is 217 Å². The fourth-order valence-electron chi connectivity index (χ4n) is 4.20. The standard InChI is InChI=1S/C27H26FN5O5/c1-16-22(17(2)38-31-16)14-36-21-7-8-25-24(11-21)32(3)26(34)23(15-37-25)30-27(35)33-13-19(12-29-33)9-18-5-4-6-20(28)10-18/h4-8,10-13,23H,9,14-15H2,1-3H3,(H,30,35)/t23-/m0/s1. The smallest absolute Gasteiger partial charge is 0.342 e. The number of benzene rings is 2. The Morgan fingerprint density at radius 1 is 1.21 bits per heavy atom. The molecule has 0 saturated carbocycles. The molecule has 4 aromatic rings. The maximum absolute atomic E-state index is 13.5. The van der Waals surface area contributed by atoms with E-state index in [1.54, 1.807) is 43.6 Å². The first-order chi connectivity index (χ1) is 18.3. The summed E-state index contributed by atoms with van der Waals surface area (Å²) in [5, 5.41) is 10.7. The number of likely N-dealkylation sites (N-methyl/N-ethyl adjacent to an activating group) is 1. The van der Waals surface area contributed by atoms with Gasteiger partial charge in [-0.1, -0.05) is 17.3 Å². The van der Waals surface area contributed by atoms with Gasteiger partial charge in [-0.25, -0.2) is 9.18 Å². The Hall–Kier alpha value is -4.67. The minimum Gasteiger partial charge on any atom is -0.489 e. The molecule has 0 aliphatic carbocycles. The number of hydrogen-bond acceptors (Lipinski definition) is 7. The summed E-state index contributed by atoms with van der Waals surface area (Å²) >= 11 is 0. The lowest BCUT2D eigenvalue weighted by Gasteiger charge is -2.20. The number of hydrogen-bond donors (Lipinski definition) is 1. The lowest BCUT2D eigenvalue weighted by Crippen LogP contribution is -2.50. The topological polar surface area (TPSA) is 112 Å². The third-order valence-corrected chi connectivity index (χ3v) is 6.33.